The van der Waals surface area contributed by atoms with E-state index in [1.54, 1.807) is 31.3 Å². The average molecular weight is 699 g/mol. The van der Waals surface area contributed by atoms with Crippen LogP contribution in [0.25, 0.3) is 11.0 Å². The highest BCUT2D eigenvalue weighted by Gasteiger charge is 2.22. The van der Waals surface area contributed by atoms with Gasteiger partial charge in [0, 0.05) is 65.3 Å². The van der Waals surface area contributed by atoms with Crippen LogP contribution in [0.2, 0.25) is 0 Å². The third-order valence-corrected chi connectivity index (χ3v) is 9.20. The number of aromatic amines is 1. The number of hydrogen-bond donors (Lipinski definition) is 3. The Hall–Kier alpha value is -5.14. The number of carbonyl (C=O) groups excluding carboxylic acids is 3. The first-order chi connectivity index (χ1) is 24.6. The number of methoxy groups -OCH3 is 1. The summed E-state index contributed by atoms with van der Waals surface area (Å²) in [6, 6.07) is 16.0. The van der Waals surface area contributed by atoms with Crippen molar-refractivity contribution in [1.29, 1.82) is 0 Å². The number of imidazole rings is 1. The van der Waals surface area contributed by atoms with E-state index >= 15 is 0 Å². The van der Waals surface area contributed by atoms with Crippen LogP contribution in [0.5, 0.6) is 11.5 Å². The zero-order chi connectivity index (χ0) is 36.5. The zero-order valence-corrected chi connectivity index (χ0v) is 30.3. The number of aromatic nitrogens is 2. The number of unbranched alkanes of at least 4 members (excludes halogenated alkanes) is 2. The SMILES string of the molecule is COc1cc(C(=O)N(C)c2ccc(C)cc2OCCCCCC(=O)N2CCN(C)CC2)ccc1C(=O)Nc1cccc2[nH]c(N(C)CCN)nc12. The zero-order valence-electron chi connectivity index (χ0n) is 30.3. The molecule has 13 heteroatoms. The number of amides is 3. The lowest BCUT2D eigenvalue weighted by Crippen LogP contribution is -2.47. The first-order valence-corrected chi connectivity index (χ1v) is 17.5. The standard InChI is InChI=1S/C38H50N8O5/c1-26-13-16-31(33(24-26)51-23-8-6-7-12-34(47)46-21-19-43(2)20-22-46)45(4)37(49)27-14-15-28(32(25-27)50-5)36(48)40-29-10-9-11-30-35(29)42-38(41-30)44(3)18-17-39/h9-11,13-16,24-25H,6-8,12,17-23,39H2,1-5H3,(H,40,48)(H,41,42). The summed E-state index contributed by atoms with van der Waals surface area (Å²) < 4.78 is 11.8. The minimum Gasteiger partial charge on any atom is -0.496 e. The molecule has 1 saturated heterocycles. The van der Waals surface area contributed by atoms with Crippen molar-refractivity contribution >= 4 is 46.1 Å². The number of piperazine rings is 1. The summed E-state index contributed by atoms with van der Waals surface area (Å²) in [7, 11) is 7.13. The fourth-order valence-electron chi connectivity index (χ4n) is 6.07. The van der Waals surface area contributed by atoms with Gasteiger partial charge in [-0.3, -0.25) is 14.4 Å². The van der Waals surface area contributed by atoms with Crippen LogP contribution in [0.15, 0.2) is 54.6 Å². The van der Waals surface area contributed by atoms with Crippen LogP contribution in [0.1, 0.15) is 52.0 Å². The van der Waals surface area contributed by atoms with Crippen molar-refractivity contribution in [2.24, 2.45) is 5.73 Å². The number of nitrogens with two attached hydrogens (primary N) is 1. The molecule has 4 N–H and O–H groups in total. The highest BCUT2D eigenvalue weighted by molar-refractivity contribution is 6.11. The second-order valence-corrected chi connectivity index (χ2v) is 13.0. The molecule has 3 amide bonds. The lowest BCUT2D eigenvalue weighted by Gasteiger charge is -2.32. The molecule has 2 heterocycles. The largest absolute Gasteiger partial charge is 0.496 e. The van der Waals surface area contributed by atoms with Gasteiger partial charge in [-0.2, -0.15) is 0 Å². The molecule has 13 nitrogen and oxygen atoms in total. The summed E-state index contributed by atoms with van der Waals surface area (Å²) in [6.07, 6.45) is 3.03. The smallest absolute Gasteiger partial charge is 0.259 e. The number of H-pyrrole nitrogens is 1. The number of carbonyl (C=O) groups is 3. The monoisotopic (exact) mass is 698 g/mol. The number of benzene rings is 3. The van der Waals surface area contributed by atoms with Crippen LogP contribution >= 0.6 is 0 Å². The molecule has 0 radical (unpaired) electrons. The van der Waals surface area contributed by atoms with Gasteiger partial charge in [-0.25, -0.2) is 4.98 Å². The van der Waals surface area contributed by atoms with Gasteiger partial charge in [-0.05, 0) is 81.3 Å². The van der Waals surface area contributed by atoms with Crippen LogP contribution in [0.4, 0.5) is 17.3 Å². The van der Waals surface area contributed by atoms with Gasteiger partial charge in [0.2, 0.25) is 11.9 Å². The van der Waals surface area contributed by atoms with Gasteiger partial charge in [-0.1, -0.05) is 12.1 Å². The van der Waals surface area contributed by atoms with Crippen molar-refractivity contribution in [2.45, 2.75) is 32.6 Å². The molecule has 3 aromatic carbocycles. The molecule has 51 heavy (non-hydrogen) atoms. The van der Waals surface area contributed by atoms with Crippen molar-refractivity contribution in [1.82, 2.24) is 19.8 Å². The molecule has 0 spiro atoms. The maximum absolute atomic E-state index is 13.8. The van der Waals surface area contributed by atoms with Crippen molar-refractivity contribution < 1.29 is 23.9 Å². The molecule has 272 valence electrons. The van der Waals surface area contributed by atoms with E-state index in [1.807, 2.05) is 54.1 Å². The van der Waals surface area contributed by atoms with E-state index in [0.29, 0.717) is 60.3 Å². The predicted octanol–water partition coefficient (Wildman–Crippen LogP) is 4.52. The number of hydrogen-bond acceptors (Lipinski definition) is 9. The first-order valence-electron chi connectivity index (χ1n) is 17.5. The Bertz CT molecular complexity index is 1830. The van der Waals surface area contributed by atoms with Crippen molar-refractivity contribution in [3.8, 4) is 11.5 Å². The Morgan fingerprint density at radius 2 is 1.76 bits per heavy atom. The normalized spacial score (nSPS) is 13.3. The van der Waals surface area contributed by atoms with Gasteiger partial charge in [-0.15, -0.1) is 0 Å². The minimum absolute atomic E-state index is 0.225. The summed E-state index contributed by atoms with van der Waals surface area (Å²) in [5, 5.41) is 2.95. The fourth-order valence-corrected chi connectivity index (χ4v) is 6.07. The van der Waals surface area contributed by atoms with Crippen LogP contribution in [0.3, 0.4) is 0 Å². The fraction of sp³-hybridized carbons (Fsp3) is 0.421. The Labute approximate surface area is 299 Å². The summed E-state index contributed by atoms with van der Waals surface area (Å²) >= 11 is 0. The number of nitrogens with zero attached hydrogens (tertiary/aromatic N) is 5. The van der Waals surface area contributed by atoms with Gasteiger partial charge in [0.25, 0.3) is 11.8 Å². The van der Waals surface area contributed by atoms with E-state index < -0.39 is 5.91 Å². The van der Waals surface area contributed by atoms with E-state index in [0.717, 1.165) is 56.5 Å². The molecule has 0 saturated carbocycles. The highest BCUT2D eigenvalue weighted by atomic mass is 16.5. The Morgan fingerprint density at radius 3 is 2.51 bits per heavy atom. The van der Waals surface area contributed by atoms with Crippen LogP contribution in [-0.4, -0.2) is 112 Å². The number of likely N-dealkylation sites (N-methyl/N-ethyl adjacent to an activating group) is 2. The number of ether oxygens (including phenoxy) is 2. The highest BCUT2D eigenvalue weighted by Crippen LogP contribution is 2.32. The molecule has 0 aliphatic carbocycles. The maximum Gasteiger partial charge on any atom is 0.259 e. The minimum atomic E-state index is -0.399. The van der Waals surface area contributed by atoms with E-state index in [-0.39, 0.29) is 23.1 Å². The lowest BCUT2D eigenvalue weighted by atomic mass is 10.1. The lowest BCUT2D eigenvalue weighted by molar-refractivity contribution is -0.132. The molecule has 4 aromatic rings. The molecular formula is C38H50N8O5. The quantitative estimate of drug-likeness (QED) is 0.153. The van der Waals surface area contributed by atoms with Crippen molar-refractivity contribution in [3.63, 3.8) is 0 Å². The molecule has 1 aliphatic rings. The van der Waals surface area contributed by atoms with Gasteiger partial charge in [0.05, 0.1) is 36.2 Å². The number of nitrogens with one attached hydrogen (secondary N) is 2. The average Bonchev–Trinajstić information content (AvgIpc) is 3.58. The van der Waals surface area contributed by atoms with E-state index in [2.05, 4.69) is 27.2 Å². The third kappa shape index (κ3) is 9.16. The maximum atomic E-state index is 13.8. The summed E-state index contributed by atoms with van der Waals surface area (Å²) in [5.41, 5.74) is 9.88. The van der Waals surface area contributed by atoms with Gasteiger partial charge < -0.3 is 45.1 Å². The molecule has 1 aromatic heterocycles. The number of fused-ring (bicyclic) bond motifs is 1. The molecular weight excluding hydrogens is 648 g/mol. The van der Waals surface area contributed by atoms with E-state index in [9.17, 15) is 14.4 Å². The molecule has 1 aliphatic heterocycles. The third-order valence-electron chi connectivity index (χ3n) is 9.20. The summed E-state index contributed by atoms with van der Waals surface area (Å²) in [6.45, 7) is 6.99. The Morgan fingerprint density at radius 1 is 0.980 bits per heavy atom. The molecule has 0 bridgehead atoms. The predicted molar refractivity (Wildman–Crippen MR) is 201 cm³/mol. The van der Waals surface area contributed by atoms with Crippen LogP contribution in [0, 0.1) is 6.92 Å². The Kier molecular flexibility index (Phi) is 12.5. The Balaban J connectivity index is 1.20. The van der Waals surface area contributed by atoms with Crippen LogP contribution in [-0.2, 0) is 4.79 Å². The molecule has 0 unspecified atom stereocenters. The topological polar surface area (TPSA) is 149 Å². The summed E-state index contributed by atoms with van der Waals surface area (Å²) in [5.74, 6) is 1.05. The number of rotatable bonds is 15. The number of anilines is 3. The molecule has 1 fully saturated rings. The van der Waals surface area contributed by atoms with E-state index in [4.69, 9.17) is 15.2 Å². The van der Waals surface area contributed by atoms with Gasteiger partial charge >= 0.3 is 0 Å². The van der Waals surface area contributed by atoms with Crippen LogP contribution < -0.4 is 30.3 Å². The van der Waals surface area contributed by atoms with Gasteiger partial charge in [0.1, 0.15) is 17.0 Å². The summed E-state index contributed by atoms with van der Waals surface area (Å²) in [4.78, 5) is 55.4. The molecule has 0 atom stereocenters. The number of para-hydroxylation sites is 1. The number of aryl methyl sites for hydroxylation is 1. The van der Waals surface area contributed by atoms with E-state index in [1.165, 1.54) is 12.0 Å². The van der Waals surface area contributed by atoms with Crippen molar-refractivity contribution in [3.05, 3.63) is 71.3 Å². The first kappa shape index (κ1) is 37.1. The molecule has 5 rings (SSSR count). The second kappa shape index (κ2) is 17.2. The van der Waals surface area contributed by atoms with Crippen molar-refractivity contribution in [2.75, 3.05) is 89.2 Å². The second-order valence-electron chi connectivity index (χ2n) is 13.0. The van der Waals surface area contributed by atoms with Gasteiger partial charge in [0.15, 0.2) is 0 Å².